The molecule has 0 saturated heterocycles. The van der Waals surface area contributed by atoms with Gasteiger partial charge >= 0.3 is 5.82 Å². The van der Waals surface area contributed by atoms with Crippen LogP contribution in [0.4, 0.5) is 11.5 Å². The second-order valence-corrected chi connectivity index (χ2v) is 9.19. The van der Waals surface area contributed by atoms with E-state index in [1.165, 1.54) is 33.6 Å². The van der Waals surface area contributed by atoms with E-state index in [9.17, 15) is 0 Å². The average Bonchev–Trinajstić information content (AvgIpc) is 3.02. The van der Waals surface area contributed by atoms with Crippen molar-refractivity contribution in [2.75, 3.05) is 19.0 Å². The van der Waals surface area contributed by atoms with E-state index in [1.807, 2.05) is 24.5 Å². The van der Waals surface area contributed by atoms with Crippen LogP contribution in [-0.4, -0.2) is 34.4 Å². The molecule has 0 fully saturated rings. The first-order chi connectivity index (χ1) is 13.7. The van der Waals surface area contributed by atoms with Gasteiger partial charge in [0.25, 0.3) is 0 Å². The van der Waals surface area contributed by atoms with Gasteiger partial charge in [0.1, 0.15) is 11.9 Å². The highest BCUT2D eigenvalue weighted by atomic mass is 15.2. The monoisotopic (exact) mass is 383 g/mol. The Morgan fingerprint density at radius 1 is 0.931 bits per heavy atom. The van der Waals surface area contributed by atoms with Gasteiger partial charge in [0.05, 0.1) is 23.5 Å². The summed E-state index contributed by atoms with van der Waals surface area (Å²) in [6, 6.07) is 12.8. The molecule has 0 atom stereocenters. The number of aromatic nitrogens is 2. The second-order valence-electron chi connectivity index (χ2n) is 9.19. The van der Waals surface area contributed by atoms with Gasteiger partial charge in [0.15, 0.2) is 0 Å². The Morgan fingerprint density at radius 2 is 1.66 bits per heavy atom. The summed E-state index contributed by atoms with van der Waals surface area (Å²) in [6.45, 7) is 9.22. The molecule has 0 bridgehead atoms. The third-order valence-corrected chi connectivity index (χ3v) is 6.80. The lowest BCUT2D eigenvalue weighted by molar-refractivity contribution is -0.406. The van der Waals surface area contributed by atoms with Crippen LogP contribution in [0.25, 0.3) is 10.9 Å². The fraction of sp³-hybridized carbons (Fsp3) is 0.320. The molecular formula is C25H27N4+. The number of hydrogen-bond donors (Lipinski definition) is 0. The molecular weight excluding hydrogens is 356 g/mol. The van der Waals surface area contributed by atoms with Gasteiger partial charge in [0, 0.05) is 41.5 Å². The number of nitrogens with zero attached hydrogens (tertiary/aromatic N) is 4. The smallest absolute Gasteiger partial charge is 0.327 e. The molecule has 2 aliphatic heterocycles. The van der Waals surface area contributed by atoms with Crippen molar-refractivity contribution in [2.45, 2.75) is 38.5 Å². The van der Waals surface area contributed by atoms with Crippen LogP contribution < -0.4 is 4.90 Å². The van der Waals surface area contributed by atoms with Crippen molar-refractivity contribution in [3.05, 3.63) is 71.7 Å². The number of rotatable bonds is 1. The van der Waals surface area contributed by atoms with Gasteiger partial charge in [-0.1, -0.05) is 19.9 Å². The molecule has 5 rings (SSSR count). The van der Waals surface area contributed by atoms with E-state index in [0.29, 0.717) is 0 Å². The summed E-state index contributed by atoms with van der Waals surface area (Å²) in [7, 11) is 4.30. The molecule has 4 nitrogen and oxygen atoms in total. The van der Waals surface area contributed by atoms with Crippen molar-refractivity contribution in [2.24, 2.45) is 0 Å². The Labute approximate surface area is 172 Å². The maximum Gasteiger partial charge on any atom is 0.327 e. The van der Waals surface area contributed by atoms with Gasteiger partial charge in [-0.15, -0.1) is 0 Å². The Morgan fingerprint density at radius 3 is 2.41 bits per heavy atom. The molecule has 0 N–H and O–H groups in total. The predicted molar refractivity (Wildman–Crippen MR) is 119 cm³/mol. The predicted octanol–water partition coefficient (Wildman–Crippen LogP) is 4.95. The summed E-state index contributed by atoms with van der Waals surface area (Å²) in [5, 5.41) is 1.24. The first-order valence-corrected chi connectivity index (χ1v) is 10.2. The summed E-state index contributed by atoms with van der Waals surface area (Å²) < 4.78 is 2.24. The van der Waals surface area contributed by atoms with Crippen LogP contribution in [0, 0.1) is 0 Å². The number of anilines is 1. The normalized spacial score (nSPS) is 20.5. The van der Waals surface area contributed by atoms with Crippen LogP contribution >= 0.6 is 0 Å². The minimum absolute atomic E-state index is 0.0966. The summed E-state index contributed by atoms with van der Waals surface area (Å²) in [4.78, 5) is 11.6. The fourth-order valence-corrected chi connectivity index (χ4v) is 5.26. The van der Waals surface area contributed by atoms with Gasteiger partial charge in [0.2, 0.25) is 0 Å². The SMILES string of the molecule is CN1C(=CC2=[N+](C)c3ncccc3C2(C)C)C(C)(C)c2c1ccc1ncccc21. The Hall–Kier alpha value is -3.01. The third kappa shape index (κ3) is 2.29. The molecule has 0 amide bonds. The molecule has 0 unspecified atom stereocenters. The maximum atomic E-state index is 4.65. The van der Waals surface area contributed by atoms with Gasteiger partial charge in [-0.25, -0.2) is 4.58 Å². The van der Waals surface area contributed by atoms with Crippen LogP contribution in [0.5, 0.6) is 0 Å². The average molecular weight is 384 g/mol. The van der Waals surface area contributed by atoms with Crippen molar-refractivity contribution in [1.29, 1.82) is 0 Å². The first-order valence-electron chi connectivity index (χ1n) is 10.2. The number of pyridine rings is 2. The minimum Gasteiger partial charge on any atom is -0.347 e. The van der Waals surface area contributed by atoms with E-state index in [0.717, 1.165) is 11.3 Å². The topological polar surface area (TPSA) is 32.0 Å². The fourth-order valence-electron chi connectivity index (χ4n) is 5.26. The molecule has 3 aromatic rings. The van der Waals surface area contributed by atoms with Gasteiger partial charge in [-0.3, -0.25) is 4.98 Å². The number of allylic oxidation sites excluding steroid dienone is 2. The van der Waals surface area contributed by atoms with Gasteiger partial charge < -0.3 is 4.90 Å². The molecule has 0 aliphatic carbocycles. The van der Waals surface area contributed by atoms with Gasteiger partial charge in [-0.2, -0.15) is 0 Å². The number of hydrogen-bond acceptors (Lipinski definition) is 3. The molecule has 0 saturated carbocycles. The lowest BCUT2D eigenvalue weighted by Crippen LogP contribution is -2.31. The van der Waals surface area contributed by atoms with Crippen LogP contribution in [0.3, 0.4) is 0 Å². The van der Waals surface area contributed by atoms with E-state index >= 15 is 0 Å². The van der Waals surface area contributed by atoms with Gasteiger partial charge in [-0.05, 0) is 54.7 Å². The zero-order chi connectivity index (χ0) is 20.6. The van der Waals surface area contributed by atoms with Crippen LogP contribution in [-0.2, 0) is 10.8 Å². The highest BCUT2D eigenvalue weighted by Crippen LogP contribution is 2.50. The Kier molecular flexibility index (Phi) is 3.58. The van der Waals surface area contributed by atoms with Crippen molar-refractivity contribution in [1.82, 2.24) is 9.97 Å². The zero-order valence-electron chi connectivity index (χ0n) is 18.0. The molecule has 0 spiro atoms. The van der Waals surface area contributed by atoms with Crippen molar-refractivity contribution < 1.29 is 4.58 Å². The number of fused-ring (bicyclic) bond motifs is 4. The van der Waals surface area contributed by atoms with Crippen LogP contribution in [0.2, 0.25) is 0 Å². The highest BCUT2D eigenvalue weighted by Gasteiger charge is 2.45. The summed E-state index contributed by atoms with van der Waals surface area (Å²) in [5.41, 5.74) is 7.29. The van der Waals surface area contributed by atoms with Crippen molar-refractivity contribution in [3.63, 3.8) is 0 Å². The summed E-state index contributed by atoms with van der Waals surface area (Å²) in [5.74, 6) is 1.05. The quantitative estimate of drug-likeness (QED) is 0.558. The molecule has 0 radical (unpaired) electrons. The molecule has 146 valence electrons. The largest absolute Gasteiger partial charge is 0.347 e. The molecule has 4 heteroatoms. The lowest BCUT2D eigenvalue weighted by Gasteiger charge is -2.26. The van der Waals surface area contributed by atoms with E-state index in [1.54, 1.807) is 0 Å². The summed E-state index contributed by atoms with van der Waals surface area (Å²) >= 11 is 0. The number of benzene rings is 1. The number of likely N-dealkylation sites (N-methyl/N-ethyl adjacent to an activating group) is 1. The molecule has 29 heavy (non-hydrogen) atoms. The lowest BCUT2D eigenvalue weighted by atomic mass is 9.78. The van der Waals surface area contributed by atoms with E-state index in [2.05, 4.69) is 91.6 Å². The van der Waals surface area contributed by atoms with Crippen LogP contribution in [0.1, 0.15) is 38.8 Å². The summed E-state index contributed by atoms with van der Waals surface area (Å²) in [6.07, 6.45) is 6.12. The highest BCUT2D eigenvalue weighted by molar-refractivity contribution is 6.04. The molecule has 2 aliphatic rings. The van der Waals surface area contributed by atoms with Crippen LogP contribution in [0.15, 0.2) is 60.6 Å². The molecule has 1 aromatic carbocycles. The van der Waals surface area contributed by atoms with E-state index < -0.39 is 0 Å². The zero-order valence-corrected chi connectivity index (χ0v) is 18.0. The first kappa shape index (κ1) is 18.0. The third-order valence-electron chi connectivity index (χ3n) is 6.80. The minimum atomic E-state index is -0.126. The Bertz CT molecular complexity index is 1230. The van der Waals surface area contributed by atoms with E-state index in [-0.39, 0.29) is 10.8 Å². The Balaban J connectivity index is 1.73. The van der Waals surface area contributed by atoms with Crippen molar-refractivity contribution >= 4 is 28.1 Å². The second kappa shape index (κ2) is 5.76. The maximum absolute atomic E-state index is 4.65. The molecule has 2 aromatic heterocycles. The molecule has 4 heterocycles. The van der Waals surface area contributed by atoms with Crippen molar-refractivity contribution in [3.8, 4) is 0 Å². The van der Waals surface area contributed by atoms with E-state index in [4.69, 9.17) is 0 Å². The standard InChI is InChI=1S/C25H27N4/c1-24(2)17-10-8-14-27-23(17)29(6)20(24)15-21-25(3,4)22-16-9-7-13-26-18(16)11-12-19(22)28(21)5/h7-15H,1-6H3/q+1.